The quantitative estimate of drug-likeness (QED) is 0.0264. The monoisotopic (exact) mass is 889 g/mol. The first-order valence-electron chi connectivity index (χ1n) is 25.3. The van der Waals surface area contributed by atoms with Gasteiger partial charge in [-0.25, -0.2) is 0 Å². The lowest BCUT2D eigenvalue weighted by atomic mass is 9.92. The molecule has 0 bridgehead atoms. The van der Waals surface area contributed by atoms with Crippen molar-refractivity contribution in [3.63, 3.8) is 0 Å². The summed E-state index contributed by atoms with van der Waals surface area (Å²) >= 11 is 5.44. The first-order chi connectivity index (χ1) is 31.0. The fourth-order valence-electron chi connectivity index (χ4n) is 7.97. The molecule has 0 aliphatic carbocycles. The maximum Gasteiger partial charge on any atom is 0.166 e. The Bertz CT molecular complexity index is 1850. The number of fused-ring (bicyclic) bond motifs is 6. The highest BCUT2D eigenvalue weighted by Crippen LogP contribution is 2.48. The third-order valence-electron chi connectivity index (χ3n) is 11.6. The van der Waals surface area contributed by atoms with Crippen LogP contribution in [-0.2, 0) is 0 Å². The van der Waals surface area contributed by atoms with Gasteiger partial charge in [0.05, 0.1) is 39.6 Å². The lowest BCUT2D eigenvalue weighted by molar-refractivity contribution is 0.259. The number of ether oxygens (including phenoxy) is 6. The van der Waals surface area contributed by atoms with Crippen LogP contribution in [0.25, 0.3) is 32.3 Å². The predicted octanol–water partition coefficient (Wildman–Crippen LogP) is 15.2. The van der Waals surface area contributed by atoms with Crippen LogP contribution in [0.5, 0.6) is 34.5 Å². The molecular weight excluding hydrogens is 805 g/mol. The van der Waals surface area contributed by atoms with Crippen molar-refractivity contribution in [3.05, 3.63) is 36.4 Å². The van der Waals surface area contributed by atoms with Crippen molar-refractivity contribution in [2.24, 2.45) is 0 Å². The Morgan fingerprint density at radius 2 is 0.714 bits per heavy atom. The van der Waals surface area contributed by atoms with Crippen LogP contribution in [0.2, 0.25) is 0 Å². The molecule has 0 amide bonds. The van der Waals surface area contributed by atoms with Gasteiger partial charge in [0.1, 0.15) is 11.5 Å². The Morgan fingerprint density at radius 3 is 1.13 bits per heavy atom. The van der Waals surface area contributed by atoms with Crippen LogP contribution in [-0.4, -0.2) is 57.8 Å². The Balaban J connectivity index is 1.96. The summed E-state index contributed by atoms with van der Waals surface area (Å²) in [6, 6.07) is 13.1. The van der Waals surface area contributed by atoms with Crippen molar-refractivity contribution < 1.29 is 28.4 Å². The molecule has 0 aliphatic rings. The van der Waals surface area contributed by atoms with Crippen molar-refractivity contribution in [1.82, 2.24) is 10.6 Å². The van der Waals surface area contributed by atoms with Crippen molar-refractivity contribution in [2.45, 2.75) is 176 Å². The molecule has 0 aromatic heterocycles. The molecule has 0 saturated carbocycles. The molecule has 8 nitrogen and oxygen atoms in total. The zero-order valence-electron chi connectivity index (χ0n) is 40.3. The molecule has 0 spiro atoms. The van der Waals surface area contributed by atoms with Crippen LogP contribution in [0.4, 0.5) is 0 Å². The van der Waals surface area contributed by atoms with Crippen LogP contribution in [0.15, 0.2) is 36.4 Å². The van der Waals surface area contributed by atoms with Crippen LogP contribution >= 0.6 is 12.2 Å². The molecule has 0 radical (unpaired) electrons. The molecule has 4 rings (SSSR count). The van der Waals surface area contributed by atoms with Gasteiger partial charge in [0, 0.05) is 24.5 Å². The molecule has 9 heteroatoms. The van der Waals surface area contributed by atoms with Gasteiger partial charge in [0.25, 0.3) is 0 Å². The Kier molecular flexibility index (Phi) is 25.6. The topological polar surface area (TPSA) is 79.4 Å². The fraction of sp³-hybridized carbons (Fsp3) is 0.648. The minimum atomic E-state index is 0.507. The average molecular weight is 889 g/mol. The highest BCUT2D eigenvalue weighted by molar-refractivity contribution is 7.80. The lowest BCUT2D eigenvalue weighted by Crippen LogP contribution is -2.35. The molecule has 2 N–H and O–H groups in total. The van der Waals surface area contributed by atoms with Crippen molar-refractivity contribution in [3.8, 4) is 34.5 Å². The molecule has 352 valence electrons. The van der Waals surface area contributed by atoms with E-state index in [1.165, 1.54) is 64.2 Å². The third kappa shape index (κ3) is 17.6. The normalized spacial score (nSPS) is 11.3. The number of benzene rings is 4. The van der Waals surface area contributed by atoms with Gasteiger partial charge in [-0.1, -0.05) is 131 Å². The number of nitrogens with one attached hydrogen (secondary N) is 2. The first kappa shape index (κ1) is 51.8. The summed E-state index contributed by atoms with van der Waals surface area (Å²) in [5.41, 5.74) is 0. The van der Waals surface area contributed by atoms with E-state index < -0.39 is 0 Å². The summed E-state index contributed by atoms with van der Waals surface area (Å²) in [5.74, 6) is 4.72. The zero-order valence-corrected chi connectivity index (χ0v) is 41.1. The van der Waals surface area contributed by atoms with E-state index in [1.54, 1.807) is 0 Å². The highest BCUT2D eigenvalue weighted by atomic mass is 32.1. The Morgan fingerprint density at radius 1 is 0.365 bits per heavy atom. The van der Waals surface area contributed by atoms with Gasteiger partial charge in [-0.15, -0.1) is 0 Å². The molecule has 0 unspecified atom stereocenters. The van der Waals surface area contributed by atoms with Crippen molar-refractivity contribution in [1.29, 1.82) is 0 Å². The molecule has 0 saturated heterocycles. The van der Waals surface area contributed by atoms with Crippen LogP contribution < -0.4 is 39.1 Å². The maximum absolute atomic E-state index is 6.83. The molecule has 0 atom stereocenters. The lowest BCUT2D eigenvalue weighted by Gasteiger charge is -2.21. The van der Waals surface area contributed by atoms with Crippen LogP contribution in [0.1, 0.15) is 176 Å². The SMILES string of the molecule is CCCCCCOc1cc(OCCCNC(=S)NCC)c2c(c1)c1cc(OCCCCCC)c(OCCCCCC)cc1c1cc(OCCCCCC)c(OCCCCCC)cc12. The Labute approximate surface area is 387 Å². The number of hydrogen-bond donors (Lipinski definition) is 2. The second-order valence-corrected chi connectivity index (χ2v) is 17.5. The molecule has 0 aliphatic heterocycles. The van der Waals surface area contributed by atoms with Crippen LogP contribution in [0, 0.1) is 0 Å². The second kappa shape index (κ2) is 31.1. The molecular formula is C54H84N2O6S. The van der Waals surface area contributed by atoms with Gasteiger partial charge in [0.15, 0.2) is 28.1 Å². The number of hydrogen-bond acceptors (Lipinski definition) is 7. The summed E-state index contributed by atoms with van der Waals surface area (Å²) in [4.78, 5) is 0. The van der Waals surface area contributed by atoms with Gasteiger partial charge in [-0.3, -0.25) is 0 Å². The summed E-state index contributed by atoms with van der Waals surface area (Å²) in [5, 5.41) is 13.5. The van der Waals surface area contributed by atoms with Gasteiger partial charge >= 0.3 is 0 Å². The highest BCUT2D eigenvalue weighted by Gasteiger charge is 2.21. The fourth-order valence-corrected chi connectivity index (χ4v) is 8.21. The van der Waals surface area contributed by atoms with Gasteiger partial charge in [-0.2, -0.15) is 0 Å². The largest absolute Gasteiger partial charge is 0.493 e. The first-order valence-corrected chi connectivity index (χ1v) is 25.7. The van der Waals surface area contributed by atoms with E-state index in [0.29, 0.717) is 51.3 Å². The van der Waals surface area contributed by atoms with Gasteiger partial charge in [-0.05, 0) is 115 Å². The van der Waals surface area contributed by atoms with Crippen molar-refractivity contribution in [2.75, 3.05) is 52.7 Å². The number of rotatable bonds is 36. The van der Waals surface area contributed by atoms with E-state index in [2.05, 4.69) is 81.7 Å². The summed E-state index contributed by atoms with van der Waals surface area (Å²) < 4.78 is 40.1. The van der Waals surface area contributed by atoms with Gasteiger partial charge in [0.2, 0.25) is 0 Å². The minimum Gasteiger partial charge on any atom is -0.493 e. The van der Waals surface area contributed by atoms with Gasteiger partial charge < -0.3 is 39.1 Å². The van der Waals surface area contributed by atoms with Crippen molar-refractivity contribution >= 4 is 49.6 Å². The number of unbranched alkanes of at least 4 members (excludes halogenated alkanes) is 15. The summed E-state index contributed by atoms with van der Waals surface area (Å²) in [6.45, 7) is 18.5. The van der Waals surface area contributed by atoms with E-state index in [0.717, 1.165) is 144 Å². The van der Waals surface area contributed by atoms with E-state index in [9.17, 15) is 0 Å². The van der Waals surface area contributed by atoms with E-state index in [4.69, 9.17) is 40.6 Å². The summed E-state index contributed by atoms with van der Waals surface area (Å²) in [6.07, 6.45) is 23.5. The Hall–Kier alpha value is -3.85. The maximum atomic E-state index is 6.83. The second-order valence-electron chi connectivity index (χ2n) is 17.1. The van der Waals surface area contributed by atoms with E-state index >= 15 is 0 Å². The van der Waals surface area contributed by atoms with E-state index in [-0.39, 0.29) is 0 Å². The standard InChI is InChI=1S/C54H84N2O6S/c1-7-13-18-23-30-57-42-36-46-44-39-49(59-32-25-20-15-9-3)48(58-31-24-19-14-8-2)38-43(44)45-40-50(60-33-26-21-16-10-4)51(61-34-27-22-17-11-5)41-47(45)53(46)52(37-42)62-35-28-29-56-54(63)55-12-6/h36-41H,7-35H2,1-6H3,(H2,55,56,63). The molecule has 63 heavy (non-hydrogen) atoms. The third-order valence-corrected chi connectivity index (χ3v) is 11.9. The smallest absolute Gasteiger partial charge is 0.166 e. The zero-order chi connectivity index (χ0) is 44.9. The van der Waals surface area contributed by atoms with E-state index in [1.807, 2.05) is 6.92 Å². The number of thiocarbonyl (C=S) groups is 1. The molecule has 0 fully saturated rings. The molecule has 0 heterocycles. The van der Waals surface area contributed by atoms with Crippen LogP contribution in [0.3, 0.4) is 0 Å². The summed E-state index contributed by atoms with van der Waals surface area (Å²) in [7, 11) is 0. The predicted molar refractivity (Wildman–Crippen MR) is 272 cm³/mol. The molecule has 4 aromatic carbocycles. The molecule has 4 aromatic rings. The average Bonchev–Trinajstić information content (AvgIpc) is 3.28. The minimum absolute atomic E-state index is 0.507.